The number of nitrogens with zero attached hydrogens (tertiary/aromatic N) is 6. The molecule has 0 unspecified atom stereocenters. The van der Waals surface area contributed by atoms with Gasteiger partial charge in [-0.25, -0.2) is 33.4 Å². The van der Waals surface area contributed by atoms with Crippen molar-refractivity contribution in [3.05, 3.63) is 120 Å². The van der Waals surface area contributed by atoms with Crippen molar-refractivity contribution in [1.29, 1.82) is 0 Å². The lowest BCUT2D eigenvalue weighted by molar-refractivity contribution is -0.172. The molecule has 18 nitrogen and oxygen atoms in total. The summed E-state index contributed by atoms with van der Waals surface area (Å²) in [6.07, 6.45) is 0.779. The van der Waals surface area contributed by atoms with E-state index in [9.17, 15) is 39.3 Å². The van der Waals surface area contributed by atoms with Crippen molar-refractivity contribution >= 4 is 28.9 Å². The molecule has 5 N–H and O–H groups in total. The fourth-order valence-corrected chi connectivity index (χ4v) is 11.5. The second-order valence-corrected chi connectivity index (χ2v) is 19.5. The molecule has 6 aromatic rings. The van der Waals surface area contributed by atoms with Crippen molar-refractivity contribution in [2.75, 3.05) is 26.2 Å². The van der Waals surface area contributed by atoms with Crippen molar-refractivity contribution < 1.29 is 43.6 Å². The number of aromatic nitrogens is 5. The van der Waals surface area contributed by atoms with Crippen LogP contribution in [0.5, 0.6) is 11.5 Å². The Kier molecular flexibility index (Phi) is 10.7. The first-order valence-electron chi connectivity index (χ1n) is 23.6. The number of nitrogens with one attached hydrogen (secondary N) is 2. The van der Waals surface area contributed by atoms with Gasteiger partial charge in [-0.05, 0) is 96.5 Å². The summed E-state index contributed by atoms with van der Waals surface area (Å²) in [6, 6.07) is 12.6. The maximum Gasteiger partial charge on any atom is 0.408 e. The Hall–Kier alpha value is -7.38. The predicted octanol–water partition coefficient (Wildman–Crippen LogP) is 5.05. The van der Waals surface area contributed by atoms with E-state index >= 15 is 4.39 Å². The van der Waals surface area contributed by atoms with E-state index in [4.69, 9.17) is 14.5 Å². The number of pyridine rings is 2. The summed E-state index contributed by atoms with van der Waals surface area (Å²) in [6.45, 7) is 8.98. The molecule has 4 aliphatic heterocycles. The van der Waals surface area contributed by atoms with Crippen molar-refractivity contribution in [2.24, 2.45) is 5.92 Å². The van der Waals surface area contributed by atoms with Crippen LogP contribution in [-0.4, -0.2) is 99.7 Å². The van der Waals surface area contributed by atoms with Gasteiger partial charge in [0.15, 0.2) is 18.0 Å². The molecule has 2 saturated heterocycles. The van der Waals surface area contributed by atoms with E-state index in [2.05, 4.69) is 20.4 Å². The van der Waals surface area contributed by atoms with E-state index in [0.29, 0.717) is 88.3 Å². The molecule has 4 atom stereocenters. The molecule has 3 aromatic carbocycles. The molecule has 1 aliphatic carbocycles. The Morgan fingerprint density at radius 2 is 1.81 bits per heavy atom. The summed E-state index contributed by atoms with van der Waals surface area (Å²) in [7, 11) is 0. The van der Waals surface area contributed by atoms with Crippen molar-refractivity contribution in [3.8, 4) is 40.0 Å². The van der Waals surface area contributed by atoms with Crippen LogP contribution in [0.4, 0.5) is 9.18 Å². The Bertz CT molecular complexity index is 3350. The first-order chi connectivity index (χ1) is 33.5. The van der Waals surface area contributed by atoms with Gasteiger partial charge in [-0.3, -0.25) is 14.5 Å². The SMILES string of the molecule is CC[C@@]1(O)C(=O)OCc2c1cc1n(c2=O)Cc2c-1nc1cc(F)c(C)c3c1c2[C@@H](NC(=O)OCC(=O)N1CC[C@@H]2CN(Cc4ccc(-n5c(-c6cc(C(C)C)c(O)cc6O)n[nH]c5=O)cc4)C[C@@H]21)CC3. The highest BCUT2D eigenvalue weighted by Gasteiger charge is 2.47. The number of aryl methyl sites for hydroxylation is 1. The minimum absolute atomic E-state index is 0.0253. The molecule has 2 amide bonds. The molecule has 11 rings (SSSR count). The molecule has 0 bridgehead atoms. The number of alkyl carbamates (subject to hydrolysis) is 1. The maximum atomic E-state index is 15.4. The molecular weight excluding hydrogens is 904 g/mol. The number of phenols is 2. The van der Waals surface area contributed by atoms with Crippen LogP contribution in [0.2, 0.25) is 0 Å². The van der Waals surface area contributed by atoms with Gasteiger partial charge >= 0.3 is 17.8 Å². The third-order valence-electron chi connectivity index (χ3n) is 15.2. The van der Waals surface area contributed by atoms with E-state index in [1.807, 2.05) is 38.1 Å². The van der Waals surface area contributed by atoms with Gasteiger partial charge in [-0.15, -0.1) is 0 Å². The van der Waals surface area contributed by atoms with E-state index in [-0.39, 0.29) is 71.8 Å². The Morgan fingerprint density at radius 3 is 2.57 bits per heavy atom. The van der Waals surface area contributed by atoms with Crippen molar-refractivity contribution in [1.82, 2.24) is 39.4 Å². The van der Waals surface area contributed by atoms with Crippen LogP contribution < -0.4 is 16.6 Å². The Balaban J connectivity index is 0.768. The first kappa shape index (κ1) is 45.1. The number of carbonyl (C=O) groups is 3. The highest BCUT2D eigenvalue weighted by atomic mass is 19.1. The number of carbonyl (C=O) groups excluding carboxylic acids is 3. The van der Waals surface area contributed by atoms with E-state index in [1.54, 1.807) is 30.9 Å². The quantitative estimate of drug-likeness (QED) is 0.119. The zero-order valence-corrected chi connectivity index (χ0v) is 39.0. The predicted molar refractivity (Wildman–Crippen MR) is 251 cm³/mol. The summed E-state index contributed by atoms with van der Waals surface area (Å²) in [5, 5.41) is 42.8. The lowest BCUT2D eigenvalue weighted by atomic mass is 9.81. The van der Waals surface area contributed by atoms with Gasteiger partial charge < -0.3 is 39.6 Å². The van der Waals surface area contributed by atoms with Crippen LogP contribution in [-0.2, 0) is 50.8 Å². The number of aromatic hydroxyl groups is 2. The van der Waals surface area contributed by atoms with Gasteiger partial charge in [0.2, 0.25) is 0 Å². The number of hydrogen-bond donors (Lipinski definition) is 5. The van der Waals surface area contributed by atoms with Crippen LogP contribution in [0.25, 0.3) is 39.4 Å². The number of phenolic OH excluding ortho intramolecular Hbond substituents is 2. The molecular formula is C51H51FN8O10. The maximum absolute atomic E-state index is 15.4. The number of esters is 1. The van der Waals surface area contributed by atoms with Crippen LogP contribution in [0.15, 0.2) is 58.1 Å². The first-order valence-corrected chi connectivity index (χ1v) is 23.6. The molecule has 362 valence electrons. The molecule has 2 fully saturated rings. The number of halogens is 1. The van der Waals surface area contributed by atoms with Crippen LogP contribution >= 0.6 is 0 Å². The van der Waals surface area contributed by atoms with Crippen LogP contribution in [0.3, 0.4) is 0 Å². The Labute approximate surface area is 399 Å². The fourth-order valence-electron chi connectivity index (χ4n) is 11.5. The zero-order chi connectivity index (χ0) is 49.1. The fraction of sp³-hybridized carbons (Fsp3) is 0.392. The smallest absolute Gasteiger partial charge is 0.408 e. The number of benzene rings is 3. The average Bonchev–Trinajstić information content (AvgIpc) is 4.12. The number of rotatable bonds is 9. The summed E-state index contributed by atoms with van der Waals surface area (Å²) in [5.41, 5.74) is 3.41. The number of aromatic amines is 1. The molecule has 0 spiro atoms. The second kappa shape index (κ2) is 16.6. The number of ether oxygens (including phenoxy) is 2. The highest BCUT2D eigenvalue weighted by molar-refractivity contribution is 5.94. The second-order valence-electron chi connectivity index (χ2n) is 19.5. The largest absolute Gasteiger partial charge is 0.508 e. The monoisotopic (exact) mass is 954 g/mol. The average molecular weight is 955 g/mol. The van der Waals surface area contributed by atoms with Gasteiger partial charge in [0, 0.05) is 60.9 Å². The van der Waals surface area contributed by atoms with Crippen LogP contribution in [0.1, 0.15) is 96.5 Å². The normalized spacial score (nSPS) is 21.2. The molecule has 3 aromatic heterocycles. The molecule has 0 radical (unpaired) electrons. The summed E-state index contributed by atoms with van der Waals surface area (Å²) < 4.78 is 29.2. The van der Waals surface area contributed by atoms with E-state index in [0.717, 1.165) is 24.1 Å². The molecule has 0 saturated carbocycles. The number of likely N-dealkylation sites (tertiary alicyclic amines) is 2. The topological polar surface area (TPSA) is 234 Å². The van der Waals surface area contributed by atoms with E-state index < -0.39 is 47.4 Å². The highest BCUT2D eigenvalue weighted by Crippen LogP contribution is 2.46. The third kappa shape index (κ3) is 7.07. The minimum atomic E-state index is -2.03. The van der Waals surface area contributed by atoms with Gasteiger partial charge in [0.25, 0.3) is 11.5 Å². The lowest BCUT2D eigenvalue weighted by Gasteiger charge is -2.31. The molecule has 19 heteroatoms. The van der Waals surface area contributed by atoms with Crippen molar-refractivity contribution in [2.45, 2.75) is 96.7 Å². The minimum Gasteiger partial charge on any atom is -0.508 e. The zero-order valence-electron chi connectivity index (χ0n) is 39.0. The number of fused-ring (bicyclic) bond motifs is 6. The number of aliphatic hydroxyl groups is 1. The van der Waals surface area contributed by atoms with E-state index in [1.165, 1.54) is 21.3 Å². The standard InChI is InChI=1S/C51H51FN8O10/c1-5-51(68)34-15-38-45-32(20-59(38)47(64)33(34)22-69-48(51)65)44-36(11-10-29-25(4)35(52)16-37(53-45)43(29)44)54-50(67)70-23-42(63)58-13-12-27-19-57(21-39(27)58)18-26-6-8-28(9-7-26)60-46(55-56-49(60)66)31-14-30(24(2)3)40(61)17-41(31)62/h6-9,14-17,24,27,36,39,61-62,68H,5,10-13,18-23H2,1-4H3,(H,54,67)(H,56,66)/t27-,36+,39+,51+/m1/s1. The third-order valence-corrected chi connectivity index (χ3v) is 15.2. The number of hydrogen-bond acceptors (Lipinski definition) is 13. The summed E-state index contributed by atoms with van der Waals surface area (Å²) in [4.78, 5) is 76.1. The van der Waals surface area contributed by atoms with Gasteiger partial charge in [0.05, 0.1) is 46.3 Å². The number of H-pyrrole nitrogens is 1. The molecule has 5 aliphatic rings. The van der Waals surface area contributed by atoms with Gasteiger partial charge in [-0.2, -0.15) is 5.10 Å². The summed E-state index contributed by atoms with van der Waals surface area (Å²) in [5.74, 6) is -1.45. The summed E-state index contributed by atoms with van der Waals surface area (Å²) >= 11 is 0. The van der Waals surface area contributed by atoms with Crippen molar-refractivity contribution in [3.63, 3.8) is 0 Å². The lowest BCUT2D eigenvalue weighted by Crippen LogP contribution is -2.44. The van der Waals surface area contributed by atoms with Crippen LogP contribution in [0, 0.1) is 18.7 Å². The molecule has 70 heavy (non-hydrogen) atoms. The number of amides is 2. The Morgan fingerprint density at radius 1 is 1.03 bits per heavy atom. The number of cyclic esters (lactones) is 1. The molecule has 7 heterocycles. The van der Waals surface area contributed by atoms with Gasteiger partial charge in [0.1, 0.15) is 23.9 Å². The van der Waals surface area contributed by atoms with Gasteiger partial charge in [-0.1, -0.05) is 32.9 Å².